The highest BCUT2D eigenvalue weighted by Crippen LogP contribution is 2.36. The smallest absolute Gasteiger partial charge is 0.282 e. The SMILES string of the molecule is COc1cccc([C@@H](O)CN(Cc2ccccc2)S(=O)(=O)N(C)[C@H](C)C2CC2)c1. The fourth-order valence-corrected chi connectivity index (χ4v) is 5.04. The fourth-order valence-electron chi connectivity index (χ4n) is 3.44. The maximum absolute atomic E-state index is 13.4. The molecular weight excluding hydrogens is 388 g/mol. The number of methoxy groups -OCH3 is 1. The van der Waals surface area contributed by atoms with Crippen LogP contribution in [0.1, 0.15) is 37.0 Å². The second-order valence-corrected chi connectivity index (χ2v) is 9.66. The molecule has 1 saturated carbocycles. The number of hydrogen-bond donors (Lipinski definition) is 1. The van der Waals surface area contributed by atoms with Crippen molar-refractivity contribution < 1.29 is 18.3 Å². The topological polar surface area (TPSA) is 70.1 Å². The summed E-state index contributed by atoms with van der Waals surface area (Å²) >= 11 is 0. The van der Waals surface area contributed by atoms with Crippen molar-refractivity contribution in [2.75, 3.05) is 20.7 Å². The van der Waals surface area contributed by atoms with Gasteiger partial charge in [0.15, 0.2) is 0 Å². The first kappa shape index (κ1) is 21.8. The van der Waals surface area contributed by atoms with E-state index in [-0.39, 0.29) is 19.1 Å². The maximum atomic E-state index is 13.4. The average molecular weight is 419 g/mol. The van der Waals surface area contributed by atoms with Gasteiger partial charge in [-0.15, -0.1) is 0 Å². The average Bonchev–Trinajstić information content (AvgIpc) is 3.58. The lowest BCUT2D eigenvalue weighted by Gasteiger charge is -2.32. The van der Waals surface area contributed by atoms with E-state index in [1.807, 2.05) is 37.3 Å². The largest absolute Gasteiger partial charge is 0.497 e. The minimum Gasteiger partial charge on any atom is -0.497 e. The van der Waals surface area contributed by atoms with Gasteiger partial charge in [0.25, 0.3) is 10.2 Å². The molecule has 0 spiro atoms. The summed E-state index contributed by atoms with van der Waals surface area (Å²) in [7, 11) is -0.552. The second-order valence-electron chi connectivity index (χ2n) is 7.67. The van der Waals surface area contributed by atoms with E-state index < -0.39 is 16.3 Å². The van der Waals surface area contributed by atoms with Crippen LogP contribution in [0.4, 0.5) is 0 Å². The second kappa shape index (κ2) is 9.26. The molecule has 1 fully saturated rings. The van der Waals surface area contributed by atoms with E-state index in [1.165, 1.54) is 8.61 Å². The van der Waals surface area contributed by atoms with Gasteiger partial charge in [-0.1, -0.05) is 42.5 Å². The van der Waals surface area contributed by atoms with Crippen LogP contribution in [0.5, 0.6) is 5.75 Å². The van der Waals surface area contributed by atoms with Gasteiger partial charge in [0.05, 0.1) is 13.2 Å². The Morgan fingerprint density at radius 1 is 1.14 bits per heavy atom. The Kier molecular flexibility index (Phi) is 6.95. The standard InChI is InChI=1S/C22H30N2O4S/c1-17(19-12-13-19)23(2)29(26,27)24(15-18-8-5-4-6-9-18)16-22(25)20-10-7-11-21(14-20)28-3/h4-11,14,17,19,22,25H,12-13,15-16H2,1-3H3/t17-,22+/m1/s1. The maximum Gasteiger partial charge on any atom is 0.282 e. The van der Waals surface area contributed by atoms with Crippen LogP contribution in [0.15, 0.2) is 54.6 Å². The van der Waals surface area contributed by atoms with Gasteiger partial charge >= 0.3 is 0 Å². The third-order valence-electron chi connectivity index (χ3n) is 5.62. The Hall–Kier alpha value is -1.93. The number of ether oxygens (including phenoxy) is 1. The fraction of sp³-hybridized carbons (Fsp3) is 0.455. The van der Waals surface area contributed by atoms with Crippen LogP contribution in [0.2, 0.25) is 0 Å². The van der Waals surface area contributed by atoms with Crippen LogP contribution >= 0.6 is 0 Å². The van der Waals surface area contributed by atoms with Gasteiger partial charge in [-0.2, -0.15) is 17.0 Å². The van der Waals surface area contributed by atoms with Gasteiger partial charge in [0.2, 0.25) is 0 Å². The van der Waals surface area contributed by atoms with Gasteiger partial charge in [-0.3, -0.25) is 0 Å². The Labute approximate surface area is 173 Å². The van der Waals surface area contributed by atoms with E-state index in [0.717, 1.165) is 18.4 Å². The van der Waals surface area contributed by atoms with Crippen LogP contribution in [0.3, 0.4) is 0 Å². The number of benzene rings is 2. The highest BCUT2D eigenvalue weighted by atomic mass is 32.2. The summed E-state index contributed by atoms with van der Waals surface area (Å²) in [5, 5.41) is 10.8. The van der Waals surface area contributed by atoms with Crippen molar-refractivity contribution in [1.29, 1.82) is 0 Å². The summed E-state index contributed by atoms with van der Waals surface area (Å²) in [5.41, 5.74) is 1.50. The highest BCUT2D eigenvalue weighted by Gasteiger charge is 2.38. The first-order chi connectivity index (χ1) is 13.8. The van der Waals surface area contributed by atoms with Crippen molar-refractivity contribution in [3.8, 4) is 5.75 Å². The number of nitrogens with zero attached hydrogens (tertiary/aromatic N) is 2. The molecule has 0 amide bonds. The number of rotatable bonds is 10. The van der Waals surface area contributed by atoms with E-state index >= 15 is 0 Å². The molecule has 1 aliphatic rings. The van der Waals surface area contributed by atoms with Crippen molar-refractivity contribution in [3.63, 3.8) is 0 Å². The van der Waals surface area contributed by atoms with Crippen LogP contribution in [0.25, 0.3) is 0 Å². The van der Waals surface area contributed by atoms with Crippen molar-refractivity contribution in [1.82, 2.24) is 8.61 Å². The normalized spacial score (nSPS) is 16.8. The summed E-state index contributed by atoms with van der Waals surface area (Å²) in [5.74, 6) is 1.04. The van der Waals surface area contributed by atoms with Gasteiger partial charge < -0.3 is 9.84 Å². The molecule has 2 aromatic carbocycles. The van der Waals surface area contributed by atoms with E-state index in [4.69, 9.17) is 4.74 Å². The summed E-state index contributed by atoms with van der Waals surface area (Å²) in [6.45, 7) is 2.12. The zero-order chi connectivity index (χ0) is 21.0. The Bertz CT molecular complexity index is 900. The molecule has 6 nitrogen and oxygen atoms in total. The van der Waals surface area contributed by atoms with Crippen molar-refractivity contribution >= 4 is 10.2 Å². The summed E-state index contributed by atoms with van der Waals surface area (Å²) in [6, 6.07) is 16.5. The zero-order valence-corrected chi connectivity index (χ0v) is 18.0. The lowest BCUT2D eigenvalue weighted by atomic mass is 10.1. The molecule has 0 radical (unpaired) electrons. The minimum absolute atomic E-state index is 0.0356. The third-order valence-corrected chi connectivity index (χ3v) is 7.62. The monoisotopic (exact) mass is 418 g/mol. The van der Waals surface area contributed by atoms with Crippen LogP contribution in [-0.2, 0) is 16.8 Å². The predicted octanol–water partition coefficient (Wildman–Crippen LogP) is 3.21. The van der Waals surface area contributed by atoms with E-state index in [2.05, 4.69) is 0 Å². The molecule has 0 aliphatic heterocycles. The Balaban J connectivity index is 1.85. The van der Waals surface area contributed by atoms with Gasteiger partial charge in [0.1, 0.15) is 5.75 Å². The molecular formula is C22H30N2O4S. The van der Waals surface area contributed by atoms with E-state index in [9.17, 15) is 13.5 Å². The molecule has 29 heavy (non-hydrogen) atoms. The quantitative estimate of drug-likeness (QED) is 0.643. The first-order valence-electron chi connectivity index (χ1n) is 9.92. The molecule has 2 aromatic rings. The van der Waals surface area contributed by atoms with Crippen molar-refractivity contribution in [2.24, 2.45) is 5.92 Å². The van der Waals surface area contributed by atoms with E-state index in [0.29, 0.717) is 17.2 Å². The Morgan fingerprint density at radius 2 is 1.83 bits per heavy atom. The highest BCUT2D eigenvalue weighted by molar-refractivity contribution is 7.86. The van der Waals surface area contributed by atoms with Crippen molar-refractivity contribution in [3.05, 3.63) is 65.7 Å². The van der Waals surface area contributed by atoms with Gasteiger partial charge in [0, 0.05) is 26.2 Å². The number of aliphatic hydroxyl groups excluding tert-OH is 1. The lowest BCUT2D eigenvalue weighted by Crippen LogP contribution is -2.47. The number of hydrogen-bond acceptors (Lipinski definition) is 4. The molecule has 2 atom stereocenters. The Morgan fingerprint density at radius 3 is 2.45 bits per heavy atom. The molecule has 0 unspecified atom stereocenters. The molecule has 158 valence electrons. The summed E-state index contributed by atoms with van der Waals surface area (Å²) < 4.78 is 34.9. The predicted molar refractivity (Wildman–Crippen MR) is 114 cm³/mol. The third kappa shape index (κ3) is 5.36. The summed E-state index contributed by atoms with van der Waals surface area (Å²) in [4.78, 5) is 0. The lowest BCUT2D eigenvalue weighted by molar-refractivity contribution is 0.141. The molecule has 7 heteroatoms. The minimum atomic E-state index is -3.75. The van der Waals surface area contributed by atoms with Crippen LogP contribution in [-0.4, -0.2) is 48.9 Å². The van der Waals surface area contributed by atoms with Crippen molar-refractivity contribution in [2.45, 2.75) is 38.5 Å². The van der Waals surface area contributed by atoms with Gasteiger partial charge in [-0.05, 0) is 48.9 Å². The zero-order valence-electron chi connectivity index (χ0n) is 17.2. The summed E-state index contributed by atoms with van der Waals surface area (Å²) in [6.07, 6.45) is 1.16. The molecule has 0 heterocycles. The molecule has 1 N–H and O–H groups in total. The molecule has 1 aliphatic carbocycles. The first-order valence-corrected chi connectivity index (χ1v) is 11.3. The van der Waals surface area contributed by atoms with Gasteiger partial charge in [-0.25, -0.2) is 0 Å². The molecule has 0 saturated heterocycles. The van der Waals surface area contributed by atoms with Crippen LogP contribution in [0, 0.1) is 5.92 Å². The van der Waals surface area contributed by atoms with E-state index in [1.54, 1.807) is 38.4 Å². The number of aliphatic hydroxyl groups is 1. The molecule has 3 rings (SSSR count). The molecule has 0 bridgehead atoms. The molecule has 0 aromatic heterocycles. The van der Waals surface area contributed by atoms with Crippen LogP contribution < -0.4 is 4.74 Å².